The van der Waals surface area contributed by atoms with Gasteiger partial charge in [-0.15, -0.1) is 0 Å². The third-order valence-electron chi connectivity index (χ3n) is 3.44. The van der Waals surface area contributed by atoms with Crippen molar-refractivity contribution in [3.8, 4) is 17.1 Å². The molecule has 0 spiro atoms. The maximum absolute atomic E-state index is 12.3. The number of furan rings is 1. The topological polar surface area (TPSA) is 74.5 Å². The van der Waals surface area contributed by atoms with E-state index in [-0.39, 0.29) is 16.6 Å². The summed E-state index contributed by atoms with van der Waals surface area (Å²) in [5.41, 5.74) is 1.34. The highest BCUT2D eigenvalue weighted by Gasteiger charge is 2.14. The molecule has 9 heteroatoms. The molecular weight excluding hydrogens is 520 g/mol. The molecule has 0 aliphatic carbocycles. The fraction of sp³-hybridized carbons (Fsp3) is 0. The predicted molar refractivity (Wildman–Crippen MR) is 116 cm³/mol. The van der Waals surface area contributed by atoms with Crippen molar-refractivity contribution in [2.75, 3.05) is 5.32 Å². The van der Waals surface area contributed by atoms with E-state index < -0.39 is 5.91 Å². The summed E-state index contributed by atoms with van der Waals surface area (Å²) in [6, 6.07) is 13.6. The van der Waals surface area contributed by atoms with Gasteiger partial charge in [0.2, 0.25) is 0 Å². The van der Waals surface area contributed by atoms with Gasteiger partial charge in [0, 0.05) is 16.3 Å². The summed E-state index contributed by atoms with van der Waals surface area (Å²) < 4.78 is 6.54. The molecule has 0 radical (unpaired) electrons. The molecule has 0 saturated heterocycles. The molecule has 1 aromatic heterocycles. The molecule has 3 rings (SSSR count). The van der Waals surface area contributed by atoms with Gasteiger partial charge in [-0.1, -0.05) is 23.7 Å². The highest BCUT2D eigenvalue weighted by atomic mass is 79.9. The number of amides is 1. The lowest BCUT2D eigenvalue weighted by atomic mass is 10.2. The van der Waals surface area contributed by atoms with Crippen LogP contribution in [0.15, 0.2) is 61.9 Å². The third-order valence-corrected chi connectivity index (χ3v) is 5.09. The minimum absolute atomic E-state index is 0.0691. The van der Waals surface area contributed by atoms with Crippen molar-refractivity contribution in [3.63, 3.8) is 0 Å². The number of anilines is 1. The van der Waals surface area contributed by atoms with Crippen molar-refractivity contribution in [2.24, 2.45) is 0 Å². The summed E-state index contributed by atoms with van der Waals surface area (Å²) in [6.07, 6.45) is 0. The van der Waals surface area contributed by atoms with Crippen LogP contribution in [0, 0.1) is 0 Å². The zero-order valence-corrected chi connectivity index (χ0v) is 18.2. The first kappa shape index (κ1) is 19.9. The molecule has 0 fully saturated rings. The zero-order chi connectivity index (χ0) is 19.6. The highest BCUT2D eigenvalue weighted by molar-refractivity contribution is 9.11. The van der Waals surface area contributed by atoms with Crippen LogP contribution < -0.4 is 10.6 Å². The van der Waals surface area contributed by atoms with Crippen molar-refractivity contribution in [3.05, 3.63) is 68.3 Å². The standard InChI is InChI=1S/C18H11Br2ClN2O3S/c19-12-7-11(8-13(20)16(12)24)22-18(27)23-17(25)15-5-4-14(26-15)9-2-1-3-10(21)6-9/h1-8,24H,(H2,22,23,25,27). The lowest BCUT2D eigenvalue weighted by Crippen LogP contribution is -2.33. The number of rotatable bonds is 3. The number of halogens is 3. The van der Waals surface area contributed by atoms with Gasteiger partial charge in [-0.2, -0.15) is 0 Å². The first-order valence-electron chi connectivity index (χ1n) is 7.49. The Morgan fingerprint density at radius 3 is 2.48 bits per heavy atom. The minimum Gasteiger partial charge on any atom is -0.506 e. The van der Waals surface area contributed by atoms with Crippen LogP contribution in [-0.2, 0) is 0 Å². The van der Waals surface area contributed by atoms with Crippen LogP contribution in [0.1, 0.15) is 10.6 Å². The molecule has 1 heterocycles. The van der Waals surface area contributed by atoms with Crippen molar-refractivity contribution in [1.82, 2.24) is 5.32 Å². The Hall–Kier alpha value is -1.87. The van der Waals surface area contributed by atoms with Gasteiger partial charge in [0.1, 0.15) is 11.5 Å². The molecule has 1 amide bonds. The van der Waals surface area contributed by atoms with Crippen LogP contribution in [0.5, 0.6) is 5.75 Å². The number of phenolic OH excluding ortho intramolecular Hbond substituents is 1. The largest absolute Gasteiger partial charge is 0.506 e. The average molecular weight is 531 g/mol. The van der Waals surface area contributed by atoms with E-state index in [1.54, 1.807) is 42.5 Å². The van der Waals surface area contributed by atoms with E-state index in [9.17, 15) is 9.90 Å². The van der Waals surface area contributed by atoms with E-state index in [0.29, 0.717) is 25.4 Å². The number of hydrogen-bond donors (Lipinski definition) is 3. The smallest absolute Gasteiger partial charge is 0.293 e. The fourth-order valence-corrected chi connectivity index (χ4v) is 3.81. The van der Waals surface area contributed by atoms with Crippen molar-refractivity contribution < 1.29 is 14.3 Å². The molecule has 0 bridgehead atoms. The number of thiocarbonyl (C=S) groups is 1. The van der Waals surface area contributed by atoms with Gasteiger partial charge in [0.25, 0.3) is 5.91 Å². The molecular formula is C18H11Br2ClN2O3S. The second-order valence-electron chi connectivity index (χ2n) is 5.37. The second-order valence-corrected chi connectivity index (χ2v) is 7.92. The number of nitrogens with one attached hydrogen (secondary N) is 2. The lowest BCUT2D eigenvalue weighted by Gasteiger charge is -2.10. The monoisotopic (exact) mass is 528 g/mol. The summed E-state index contributed by atoms with van der Waals surface area (Å²) in [4.78, 5) is 12.3. The molecule has 0 saturated carbocycles. The summed E-state index contributed by atoms with van der Waals surface area (Å²) >= 11 is 17.6. The maximum Gasteiger partial charge on any atom is 0.293 e. The Kier molecular flexibility index (Phi) is 6.21. The molecule has 0 aliphatic heterocycles. The van der Waals surface area contributed by atoms with Gasteiger partial charge in [-0.25, -0.2) is 0 Å². The Balaban J connectivity index is 1.68. The quantitative estimate of drug-likeness (QED) is 0.288. The lowest BCUT2D eigenvalue weighted by molar-refractivity contribution is 0.0951. The van der Waals surface area contributed by atoms with Gasteiger partial charge >= 0.3 is 0 Å². The highest BCUT2D eigenvalue weighted by Crippen LogP contribution is 2.35. The number of hydrogen-bond acceptors (Lipinski definition) is 4. The number of phenols is 1. The zero-order valence-electron chi connectivity index (χ0n) is 13.4. The summed E-state index contributed by atoms with van der Waals surface area (Å²) in [6.45, 7) is 0. The van der Waals surface area contributed by atoms with Crippen LogP contribution in [0.3, 0.4) is 0 Å². The molecule has 0 aliphatic rings. The third kappa shape index (κ3) is 4.90. The van der Waals surface area contributed by atoms with Gasteiger partial charge in [0.15, 0.2) is 10.9 Å². The van der Waals surface area contributed by atoms with Crippen LogP contribution in [0.4, 0.5) is 5.69 Å². The number of carbonyl (C=O) groups excluding carboxylic acids is 1. The van der Waals surface area contributed by atoms with Crippen LogP contribution in [0.2, 0.25) is 5.02 Å². The van der Waals surface area contributed by atoms with Crippen molar-refractivity contribution in [2.45, 2.75) is 0 Å². The van der Waals surface area contributed by atoms with Crippen LogP contribution in [0.25, 0.3) is 11.3 Å². The number of benzene rings is 2. The predicted octanol–water partition coefficient (Wildman–Crippen LogP) is 5.96. The van der Waals surface area contributed by atoms with E-state index in [4.69, 9.17) is 28.2 Å². The Bertz CT molecular complexity index is 1020. The Morgan fingerprint density at radius 2 is 1.81 bits per heavy atom. The number of aromatic hydroxyl groups is 1. The van der Waals surface area contributed by atoms with Gasteiger partial charge in [-0.05, 0) is 80.5 Å². The van der Waals surface area contributed by atoms with Crippen molar-refractivity contribution in [1.29, 1.82) is 0 Å². The minimum atomic E-state index is -0.488. The summed E-state index contributed by atoms with van der Waals surface area (Å²) in [5, 5.41) is 15.8. The average Bonchev–Trinajstić information content (AvgIpc) is 3.10. The van der Waals surface area contributed by atoms with Gasteiger partial charge in [-0.3, -0.25) is 10.1 Å². The molecule has 3 N–H and O–H groups in total. The van der Waals surface area contributed by atoms with E-state index in [1.165, 1.54) is 0 Å². The summed E-state index contributed by atoms with van der Waals surface area (Å²) in [5.74, 6) is 0.215. The van der Waals surface area contributed by atoms with E-state index in [0.717, 1.165) is 5.56 Å². The van der Waals surface area contributed by atoms with E-state index in [1.807, 2.05) is 6.07 Å². The first-order valence-corrected chi connectivity index (χ1v) is 9.87. The van der Waals surface area contributed by atoms with Gasteiger partial charge < -0.3 is 14.8 Å². The fourth-order valence-electron chi connectivity index (χ4n) is 2.22. The van der Waals surface area contributed by atoms with E-state index in [2.05, 4.69) is 42.5 Å². The molecule has 138 valence electrons. The van der Waals surface area contributed by atoms with Crippen molar-refractivity contribution >= 4 is 72.4 Å². The molecule has 0 atom stereocenters. The molecule has 5 nitrogen and oxygen atoms in total. The molecule has 27 heavy (non-hydrogen) atoms. The van der Waals surface area contributed by atoms with E-state index >= 15 is 0 Å². The maximum atomic E-state index is 12.3. The molecule has 2 aromatic carbocycles. The van der Waals surface area contributed by atoms with Crippen LogP contribution in [-0.4, -0.2) is 16.1 Å². The Labute approximate surface area is 182 Å². The van der Waals surface area contributed by atoms with Crippen LogP contribution >= 0.6 is 55.7 Å². The normalized spacial score (nSPS) is 10.5. The SMILES string of the molecule is O=C(NC(=S)Nc1cc(Br)c(O)c(Br)c1)c1ccc(-c2cccc(Cl)c2)o1. The Morgan fingerprint density at radius 1 is 1.11 bits per heavy atom. The molecule has 3 aromatic rings. The summed E-state index contributed by atoms with van der Waals surface area (Å²) in [7, 11) is 0. The number of carbonyl (C=O) groups is 1. The first-order chi connectivity index (χ1) is 12.8. The second kappa shape index (κ2) is 8.43. The van der Waals surface area contributed by atoms with Gasteiger partial charge in [0.05, 0.1) is 8.95 Å². The molecule has 0 unspecified atom stereocenters.